The summed E-state index contributed by atoms with van der Waals surface area (Å²) in [5.74, 6) is 0.890. The second kappa shape index (κ2) is 10.1. The van der Waals surface area contributed by atoms with Gasteiger partial charge in [-0.1, -0.05) is 30.3 Å². The fourth-order valence-electron chi connectivity index (χ4n) is 3.46. The zero-order valence-electron chi connectivity index (χ0n) is 15.4. The van der Waals surface area contributed by atoms with Gasteiger partial charge >= 0.3 is 0 Å². The van der Waals surface area contributed by atoms with Crippen LogP contribution in [0.25, 0.3) is 0 Å². The maximum absolute atomic E-state index is 12.5. The lowest BCUT2D eigenvalue weighted by molar-refractivity contribution is -0.132. The van der Waals surface area contributed by atoms with Gasteiger partial charge in [-0.15, -0.1) is 12.4 Å². The second-order valence-electron chi connectivity index (χ2n) is 6.97. The molecule has 0 atom stereocenters. The van der Waals surface area contributed by atoms with Crippen molar-refractivity contribution in [2.24, 2.45) is 11.7 Å². The van der Waals surface area contributed by atoms with Gasteiger partial charge in [-0.3, -0.25) is 15.2 Å². The number of nitrogen functional groups attached to an aromatic ring is 1. The molecule has 1 aromatic carbocycles. The van der Waals surface area contributed by atoms with Gasteiger partial charge in [0.05, 0.1) is 0 Å². The van der Waals surface area contributed by atoms with E-state index in [1.165, 1.54) is 5.56 Å². The minimum Gasteiger partial charge on any atom is -0.384 e. The van der Waals surface area contributed by atoms with Crippen molar-refractivity contribution in [1.82, 2.24) is 9.88 Å². The third-order valence-corrected chi connectivity index (χ3v) is 5.07. The number of rotatable bonds is 6. The van der Waals surface area contributed by atoms with Gasteiger partial charge in [0.1, 0.15) is 5.84 Å². The number of hydrogen-bond donors (Lipinski definition) is 2. The summed E-state index contributed by atoms with van der Waals surface area (Å²) in [6.07, 6.45) is 5.96. The molecular weight excluding hydrogens is 360 g/mol. The lowest BCUT2D eigenvalue weighted by Gasteiger charge is -2.32. The monoisotopic (exact) mass is 386 g/mol. The van der Waals surface area contributed by atoms with Crippen molar-refractivity contribution in [3.63, 3.8) is 0 Å². The van der Waals surface area contributed by atoms with Crippen LogP contribution in [0.3, 0.4) is 0 Å². The van der Waals surface area contributed by atoms with E-state index in [-0.39, 0.29) is 24.1 Å². The van der Waals surface area contributed by atoms with Gasteiger partial charge in [0.25, 0.3) is 0 Å². The molecule has 144 valence electrons. The van der Waals surface area contributed by atoms with Gasteiger partial charge in [-0.05, 0) is 49.3 Å². The number of nitrogens with zero attached hydrogens (tertiary/aromatic N) is 2. The Balaban J connectivity index is 0.00000261. The van der Waals surface area contributed by atoms with E-state index >= 15 is 0 Å². The van der Waals surface area contributed by atoms with Crippen LogP contribution in [-0.4, -0.2) is 34.7 Å². The van der Waals surface area contributed by atoms with Crippen LogP contribution in [0.5, 0.6) is 0 Å². The summed E-state index contributed by atoms with van der Waals surface area (Å²) in [4.78, 5) is 18.7. The average molecular weight is 387 g/mol. The van der Waals surface area contributed by atoms with E-state index in [0.717, 1.165) is 38.0 Å². The molecule has 1 aromatic heterocycles. The predicted molar refractivity (Wildman–Crippen MR) is 110 cm³/mol. The molecule has 1 amide bonds. The maximum atomic E-state index is 12.5. The molecule has 0 bridgehead atoms. The summed E-state index contributed by atoms with van der Waals surface area (Å²) >= 11 is 0. The number of piperidine rings is 1. The highest BCUT2D eigenvalue weighted by molar-refractivity contribution is 5.94. The van der Waals surface area contributed by atoms with Crippen LogP contribution in [0.1, 0.15) is 36.1 Å². The third kappa shape index (κ3) is 6.07. The molecule has 0 aliphatic carbocycles. The van der Waals surface area contributed by atoms with Gasteiger partial charge in [0.2, 0.25) is 5.91 Å². The summed E-state index contributed by atoms with van der Waals surface area (Å²) in [6, 6.07) is 14.2. The number of amides is 1. The van der Waals surface area contributed by atoms with Crippen LogP contribution in [0.4, 0.5) is 0 Å². The summed E-state index contributed by atoms with van der Waals surface area (Å²) < 4.78 is 0. The number of likely N-dealkylation sites (tertiary alicyclic amines) is 1. The molecule has 27 heavy (non-hydrogen) atoms. The smallest absolute Gasteiger partial charge is 0.222 e. The van der Waals surface area contributed by atoms with Crippen molar-refractivity contribution < 1.29 is 4.79 Å². The van der Waals surface area contributed by atoms with Crippen LogP contribution in [0, 0.1) is 11.3 Å². The van der Waals surface area contributed by atoms with E-state index in [1.54, 1.807) is 12.3 Å². The van der Waals surface area contributed by atoms with Crippen molar-refractivity contribution in [2.75, 3.05) is 13.1 Å². The largest absolute Gasteiger partial charge is 0.384 e. The van der Waals surface area contributed by atoms with Gasteiger partial charge in [-0.2, -0.15) is 0 Å². The fourth-order valence-corrected chi connectivity index (χ4v) is 3.46. The zero-order chi connectivity index (χ0) is 18.4. The number of halogens is 1. The van der Waals surface area contributed by atoms with E-state index in [2.05, 4.69) is 29.2 Å². The van der Waals surface area contributed by atoms with Crippen LogP contribution in [0.15, 0.2) is 48.7 Å². The molecule has 0 radical (unpaired) electrons. The van der Waals surface area contributed by atoms with Crippen LogP contribution >= 0.6 is 12.4 Å². The molecule has 3 N–H and O–H groups in total. The highest BCUT2D eigenvalue weighted by Crippen LogP contribution is 2.22. The standard InChI is InChI=1S/C21H26N4O.ClH/c22-21(23)18-6-7-19(24-15-18)8-9-20(26)25-12-10-17(11-13-25)14-16-4-2-1-3-5-16;/h1-7,15,17H,8-14H2,(H3,22,23);1H. The molecule has 0 unspecified atom stereocenters. The minimum absolute atomic E-state index is 0. The van der Waals surface area contributed by atoms with Gasteiger partial charge in [0, 0.05) is 37.0 Å². The summed E-state index contributed by atoms with van der Waals surface area (Å²) in [7, 11) is 0. The molecule has 6 heteroatoms. The van der Waals surface area contributed by atoms with E-state index in [4.69, 9.17) is 11.1 Å². The molecule has 1 aliphatic heterocycles. The highest BCUT2D eigenvalue weighted by Gasteiger charge is 2.22. The average Bonchev–Trinajstić information content (AvgIpc) is 2.68. The van der Waals surface area contributed by atoms with Crippen LogP contribution < -0.4 is 5.73 Å². The van der Waals surface area contributed by atoms with Crippen molar-refractivity contribution in [2.45, 2.75) is 32.1 Å². The number of amidine groups is 1. The summed E-state index contributed by atoms with van der Waals surface area (Å²) in [5, 5.41) is 7.37. The second-order valence-corrected chi connectivity index (χ2v) is 6.97. The minimum atomic E-state index is 0. The van der Waals surface area contributed by atoms with Crippen molar-refractivity contribution >= 4 is 24.1 Å². The first-order valence-electron chi connectivity index (χ1n) is 9.23. The fraction of sp³-hybridized carbons (Fsp3) is 0.381. The predicted octanol–water partition coefficient (Wildman–Crippen LogP) is 3.20. The van der Waals surface area contributed by atoms with Crippen molar-refractivity contribution in [1.29, 1.82) is 5.41 Å². The van der Waals surface area contributed by atoms with Gasteiger partial charge < -0.3 is 10.6 Å². The van der Waals surface area contributed by atoms with E-state index < -0.39 is 0 Å². The number of carbonyl (C=O) groups excluding carboxylic acids is 1. The number of carbonyl (C=O) groups is 1. The van der Waals surface area contributed by atoms with Crippen LogP contribution in [-0.2, 0) is 17.6 Å². The normalized spacial score (nSPS) is 14.4. The Kier molecular flexibility index (Phi) is 7.80. The number of hydrogen-bond acceptors (Lipinski definition) is 3. The number of nitrogens with one attached hydrogen (secondary N) is 1. The molecular formula is C21H27ClN4O. The molecule has 2 aromatic rings. The maximum Gasteiger partial charge on any atom is 0.222 e. The topological polar surface area (TPSA) is 83.1 Å². The first-order chi connectivity index (χ1) is 12.6. The van der Waals surface area contributed by atoms with E-state index in [1.807, 2.05) is 17.0 Å². The number of nitrogens with two attached hydrogens (primary N) is 1. The molecule has 5 nitrogen and oxygen atoms in total. The SMILES string of the molecule is Cl.N=C(N)c1ccc(CCC(=O)N2CCC(Cc3ccccc3)CC2)nc1. The Morgan fingerprint density at radius 2 is 1.85 bits per heavy atom. The molecule has 0 spiro atoms. The Bertz CT molecular complexity index is 741. The van der Waals surface area contributed by atoms with Crippen LogP contribution in [0.2, 0.25) is 0 Å². The Morgan fingerprint density at radius 1 is 1.15 bits per heavy atom. The highest BCUT2D eigenvalue weighted by atomic mass is 35.5. The number of benzene rings is 1. The Morgan fingerprint density at radius 3 is 2.44 bits per heavy atom. The molecule has 2 heterocycles. The Hall–Kier alpha value is -2.40. The molecule has 1 fully saturated rings. The first-order valence-corrected chi connectivity index (χ1v) is 9.23. The number of aromatic nitrogens is 1. The quantitative estimate of drug-likeness (QED) is 0.590. The molecule has 0 saturated carbocycles. The van der Waals surface area contributed by atoms with Gasteiger partial charge in [-0.25, -0.2) is 0 Å². The lowest BCUT2D eigenvalue weighted by Crippen LogP contribution is -2.39. The summed E-state index contributed by atoms with van der Waals surface area (Å²) in [5.41, 5.74) is 8.29. The van der Waals surface area contributed by atoms with Crippen molar-refractivity contribution in [3.05, 3.63) is 65.5 Å². The summed E-state index contributed by atoms with van der Waals surface area (Å²) in [6.45, 7) is 1.71. The zero-order valence-corrected chi connectivity index (χ0v) is 16.3. The molecule has 1 aliphatic rings. The number of pyridine rings is 1. The van der Waals surface area contributed by atoms with Gasteiger partial charge in [0.15, 0.2) is 0 Å². The Labute approximate surface area is 166 Å². The third-order valence-electron chi connectivity index (χ3n) is 5.07. The molecule has 3 rings (SSSR count). The number of aryl methyl sites for hydroxylation is 1. The first kappa shape index (κ1) is 20.9. The molecule has 1 saturated heterocycles. The van der Waals surface area contributed by atoms with E-state index in [9.17, 15) is 4.79 Å². The van der Waals surface area contributed by atoms with Crippen molar-refractivity contribution in [3.8, 4) is 0 Å². The lowest BCUT2D eigenvalue weighted by atomic mass is 9.90. The van der Waals surface area contributed by atoms with E-state index in [0.29, 0.717) is 24.3 Å².